The molecule has 1 aromatic carbocycles. The lowest BCUT2D eigenvalue weighted by molar-refractivity contribution is -0.385. The fourth-order valence-electron chi connectivity index (χ4n) is 2.50. The fourth-order valence-corrected chi connectivity index (χ4v) is 2.50. The third-order valence-corrected chi connectivity index (χ3v) is 3.46. The molecule has 0 aromatic heterocycles. The van der Waals surface area contributed by atoms with Gasteiger partial charge in [0, 0.05) is 25.2 Å². The maximum absolute atomic E-state index is 12.6. The van der Waals surface area contributed by atoms with Crippen LogP contribution in [0.15, 0.2) is 18.2 Å². The van der Waals surface area contributed by atoms with Crippen LogP contribution in [0.3, 0.4) is 0 Å². The molecule has 0 radical (unpaired) electrons. The highest BCUT2D eigenvalue weighted by Gasteiger charge is 2.28. The summed E-state index contributed by atoms with van der Waals surface area (Å²) in [6.45, 7) is 3.06. The molecular formula is C14H19N3O4. The Balaban J connectivity index is 2.35. The minimum Gasteiger partial charge on any atom is -0.487 e. The lowest BCUT2D eigenvalue weighted by atomic mass is 10.0. The smallest absolute Gasteiger partial charge is 0.311 e. The zero-order valence-electron chi connectivity index (χ0n) is 11.9. The molecule has 1 heterocycles. The Morgan fingerprint density at radius 2 is 2.33 bits per heavy atom. The summed E-state index contributed by atoms with van der Waals surface area (Å²) >= 11 is 0. The van der Waals surface area contributed by atoms with Crippen LogP contribution < -0.4 is 10.5 Å². The number of para-hydroxylation sites is 1. The van der Waals surface area contributed by atoms with Gasteiger partial charge in [-0.15, -0.1) is 0 Å². The van der Waals surface area contributed by atoms with Gasteiger partial charge in [-0.3, -0.25) is 14.9 Å². The number of amides is 1. The largest absolute Gasteiger partial charge is 0.487 e. The van der Waals surface area contributed by atoms with E-state index in [4.69, 9.17) is 10.5 Å². The lowest BCUT2D eigenvalue weighted by Gasteiger charge is -2.31. The van der Waals surface area contributed by atoms with E-state index in [1.807, 2.05) is 0 Å². The van der Waals surface area contributed by atoms with Crippen molar-refractivity contribution in [3.8, 4) is 5.75 Å². The van der Waals surface area contributed by atoms with Gasteiger partial charge in [0.2, 0.25) is 5.75 Å². The summed E-state index contributed by atoms with van der Waals surface area (Å²) in [6, 6.07) is 4.35. The fraction of sp³-hybridized carbons (Fsp3) is 0.500. The second-order valence-electron chi connectivity index (χ2n) is 5.00. The maximum Gasteiger partial charge on any atom is 0.311 e. The Morgan fingerprint density at radius 1 is 1.57 bits per heavy atom. The van der Waals surface area contributed by atoms with Crippen LogP contribution >= 0.6 is 0 Å². The molecule has 114 valence electrons. The monoisotopic (exact) mass is 293 g/mol. The number of likely N-dealkylation sites (tertiary alicyclic amines) is 1. The van der Waals surface area contributed by atoms with Crippen molar-refractivity contribution in [3.63, 3.8) is 0 Å². The molecular weight excluding hydrogens is 274 g/mol. The van der Waals surface area contributed by atoms with Crippen molar-refractivity contribution in [3.05, 3.63) is 33.9 Å². The Bertz CT molecular complexity index is 547. The molecule has 0 aliphatic carbocycles. The van der Waals surface area contributed by atoms with Gasteiger partial charge in [0.05, 0.1) is 17.1 Å². The molecule has 2 rings (SSSR count). The first-order valence-electron chi connectivity index (χ1n) is 6.99. The number of piperidine rings is 1. The highest BCUT2D eigenvalue weighted by atomic mass is 16.6. The molecule has 0 saturated carbocycles. The first-order chi connectivity index (χ1) is 10.0. The van der Waals surface area contributed by atoms with Gasteiger partial charge in [0.15, 0.2) is 0 Å². The molecule has 1 amide bonds. The molecule has 1 saturated heterocycles. The van der Waals surface area contributed by atoms with Crippen molar-refractivity contribution in [2.75, 3.05) is 19.7 Å². The van der Waals surface area contributed by atoms with Crippen molar-refractivity contribution in [2.24, 2.45) is 5.73 Å². The van der Waals surface area contributed by atoms with E-state index in [1.54, 1.807) is 17.9 Å². The van der Waals surface area contributed by atoms with Gasteiger partial charge in [-0.1, -0.05) is 6.07 Å². The molecule has 1 aliphatic rings. The van der Waals surface area contributed by atoms with E-state index in [1.165, 1.54) is 12.1 Å². The number of nitro benzene ring substituents is 1. The summed E-state index contributed by atoms with van der Waals surface area (Å²) in [5.74, 6) is -0.230. The zero-order chi connectivity index (χ0) is 15.4. The third kappa shape index (κ3) is 3.30. The van der Waals surface area contributed by atoms with E-state index in [9.17, 15) is 14.9 Å². The number of hydrogen-bond donors (Lipinski definition) is 1. The van der Waals surface area contributed by atoms with Gasteiger partial charge in [-0.25, -0.2) is 0 Å². The molecule has 7 nitrogen and oxygen atoms in total. The van der Waals surface area contributed by atoms with Crippen LogP contribution in [0.25, 0.3) is 0 Å². The highest BCUT2D eigenvalue weighted by Crippen LogP contribution is 2.32. The molecule has 1 fully saturated rings. The number of ether oxygens (including phenoxy) is 1. The van der Waals surface area contributed by atoms with Crippen LogP contribution in [-0.4, -0.2) is 41.5 Å². The zero-order valence-corrected chi connectivity index (χ0v) is 11.9. The predicted molar refractivity (Wildman–Crippen MR) is 77.4 cm³/mol. The summed E-state index contributed by atoms with van der Waals surface area (Å²) < 4.78 is 5.35. The van der Waals surface area contributed by atoms with Gasteiger partial charge in [-0.05, 0) is 25.8 Å². The Morgan fingerprint density at radius 3 is 2.95 bits per heavy atom. The molecule has 0 spiro atoms. The quantitative estimate of drug-likeness (QED) is 0.671. The van der Waals surface area contributed by atoms with Crippen molar-refractivity contribution >= 4 is 11.6 Å². The van der Waals surface area contributed by atoms with Gasteiger partial charge in [0.25, 0.3) is 5.91 Å². The molecule has 7 heteroatoms. The average molecular weight is 293 g/mol. The van der Waals surface area contributed by atoms with E-state index < -0.39 is 4.92 Å². The van der Waals surface area contributed by atoms with Crippen molar-refractivity contribution in [2.45, 2.75) is 25.8 Å². The van der Waals surface area contributed by atoms with E-state index >= 15 is 0 Å². The summed E-state index contributed by atoms with van der Waals surface area (Å²) in [6.07, 6.45) is 1.73. The first-order valence-corrected chi connectivity index (χ1v) is 6.99. The molecule has 0 unspecified atom stereocenters. The second kappa shape index (κ2) is 6.53. The number of hydrogen-bond acceptors (Lipinski definition) is 5. The van der Waals surface area contributed by atoms with Crippen LogP contribution in [0.1, 0.15) is 30.1 Å². The predicted octanol–water partition coefficient (Wildman–Crippen LogP) is 1.56. The summed E-state index contributed by atoms with van der Waals surface area (Å²) in [7, 11) is 0. The molecule has 1 atom stereocenters. The summed E-state index contributed by atoms with van der Waals surface area (Å²) in [4.78, 5) is 24.8. The number of rotatable bonds is 4. The van der Waals surface area contributed by atoms with Crippen LogP contribution in [0.2, 0.25) is 0 Å². The van der Waals surface area contributed by atoms with Gasteiger partial charge >= 0.3 is 5.69 Å². The van der Waals surface area contributed by atoms with E-state index in [0.717, 1.165) is 12.8 Å². The maximum atomic E-state index is 12.6. The molecule has 1 aliphatic heterocycles. The normalized spacial score (nSPS) is 18.4. The average Bonchev–Trinajstić information content (AvgIpc) is 2.47. The van der Waals surface area contributed by atoms with Crippen molar-refractivity contribution in [1.29, 1.82) is 0 Å². The molecule has 0 bridgehead atoms. The summed E-state index contributed by atoms with van der Waals surface area (Å²) in [5.41, 5.74) is 5.91. The third-order valence-electron chi connectivity index (χ3n) is 3.46. The van der Waals surface area contributed by atoms with Crippen LogP contribution in [0.4, 0.5) is 5.69 Å². The highest BCUT2D eigenvalue weighted by molar-refractivity contribution is 5.98. The van der Waals surface area contributed by atoms with Gasteiger partial charge in [-0.2, -0.15) is 0 Å². The van der Waals surface area contributed by atoms with Crippen LogP contribution in [-0.2, 0) is 0 Å². The van der Waals surface area contributed by atoms with Crippen LogP contribution in [0.5, 0.6) is 5.75 Å². The van der Waals surface area contributed by atoms with Gasteiger partial charge < -0.3 is 15.4 Å². The topological polar surface area (TPSA) is 98.7 Å². The second-order valence-corrected chi connectivity index (χ2v) is 5.00. The molecule has 1 aromatic rings. The van der Waals surface area contributed by atoms with E-state index in [2.05, 4.69) is 0 Å². The number of carbonyl (C=O) groups is 1. The van der Waals surface area contributed by atoms with Gasteiger partial charge in [0.1, 0.15) is 0 Å². The standard InChI is InChI=1S/C14H19N3O4/c1-2-21-13-11(6-3-7-12(13)17(19)20)14(18)16-8-4-5-10(15)9-16/h3,6-7,10H,2,4-5,8-9,15H2,1H3/t10-/m1/s1. The minimum atomic E-state index is -0.538. The number of nitrogens with zero attached hydrogens (tertiary/aromatic N) is 2. The number of carbonyl (C=O) groups excluding carboxylic acids is 1. The van der Waals surface area contributed by atoms with E-state index in [-0.39, 0.29) is 35.6 Å². The van der Waals surface area contributed by atoms with E-state index in [0.29, 0.717) is 13.1 Å². The number of nitrogens with two attached hydrogens (primary N) is 1. The molecule has 2 N–H and O–H groups in total. The first kappa shape index (κ1) is 15.2. The van der Waals surface area contributed by atoms with Crippen LogP contribution in [0, 0.1) is 10.1 Å². The number of nitro groups is 1. The summed E-state index contributed by atoms with van der Waals surface area (Å²) in [5, 5.41) is 11.1. The van der Waals surface area contributed by atoms with Crippen molar-refractivity contribution < 1.29 is 14.5 Å². The van der Waals surface area contributed by atoms with Crippen molar-refractivity contribution in [1.82, 2.24) is 4.90 Å². The Kier molecular flexibility index (Phi) is 4.74. The SMILES string of the molecule is CCOc1c(C(=O)N2CCC[C@@H](N)C2)cccc1[N+](=O)[O-]. The minimum absolute atomic E-state index is 0.0362. The number of benzene rings is 1. The Labute approximate surface area is 122 Å². The molecule has 21 heavy (non-hydrogen) atoms. The lowest BCUT2D eigenvalue weighted by Crippen LogP contribution is -2.45. The Hall–Kier alpha value is -2.15.